The first-order valence-corrected chi connectivity index (χ1v) is 11.4. The second kappa shape index (κ2) is 8.87. The summed E-state index contributed by atoms with van der Waals surface area (Å²) in [5.41, 5.74) is 2.82. The Labute approximate surface area is 191 Å². The molecule has 2 N–H and O–H groups in total. The van der Waals surface area contributed by atoms with Crippen molar-refractivity contribution < 1.29 is 14.6 Å². The van der Waals surface area contributed by atoms with Crippen LogP contribution in [0.2, 0.25) is 5.02 Å². The monoisotopic (exact) mass is 508 g/mol. The number of phenols is 1. The highest BCUT2D eigenvalue weighted by molar-refractivity contribution is 9.10. The van der Waals surface area contributed by atoms with Crippen LogP contribution in [-0.2, 0) is 0 Å². The molecule has 2 aromatic carbocycles. The number of ether oxygens (including phenoxy) is 2. The van der Waals surface area contributed by atoms with Crippen LogP contribution in [0, 0.1) is 0 Å². The molecule has 0 radical (unpaired) electrons. The molecule has 1 aliphatic rings. The first-order valence-electron chi connectivity index (χ1n) is 9.26. The van der Waals surface area contributed by atoms with Crippen LogP contribution in [0.15, 0.2) is 40.0 Å². The first-order chi connectivity index (χ1) is 14.5. The van der Waals surface area contributed by atoms with E-state index in [0.717, 1.165) is 21.5 Å². The number of thioether (sulfide) groups is 1. The lowest BCUT2D eigenvalue weighted by molar-refractivity contribution is 0.224. The zero-order valence-corrected chi connectivity index (χ0v) is 19.3. The molecular weight excluding hydrogens is 492 g/mol. The van der Waals surface area contributed by atoms with E-state index in [0.29, 0.717) is 28.9 Å². The number of hydrogen-bond acceptors (Lipinski definition) is 8. The minimum Gasteiger partial charge on any atom is -0.503 e. The molecule has 3 aromatic rings. The second-order valence-corrected chi connectivity index (χ2v) is 8.85. The van der Waals surface area contributed by atoms with Crippen molar-refractivity contribution in [2.45, 2.75) is 25.2 Å². The molecule has 1 aliphatic heterocycles. The van der Waals surface area contributed by atoms with E-state index >= 15 is 0 Å². The number of rotatable bonds is 5. The fourth-order valence-corrected chi connectivity index (χ4v) is 4.11. The molecule has 7 nitrogen and oxygen atoms in total. The molecule has 0 bridgehead atoms. The van der Waals surface area contributed by atoms with Gasteiger partial charge in [0.05, 0.1) is 11.6 Å². The van der Waals surface area contributed by atoms with Gasteiger partial charge in [0, 0.05) is 21.3 Å². The number of aromatic nitrogens is 3. The molecule has 4 rings (SSSR count). The quantitative estimate of drug-likeness (QED) is 0.425. The summed E-state index contributed by atoms with van der Waals surface area (Å²) in [4.78, 5) is 4.56. The summed E-state index contributed by atoms with van der Waals surface area (Å²) in [6, 6.07) is 9.11. The summed E-state index contributed by atoms with van der Waals surface area (Å²) in [5, 5.41) is 22.9. The minimum absolute atomic E-state index is 0.105. The second-order valence-electron chi connectivity index (χ2n) is 6.30. The number of phenolic OH excluding ortho intramolecular Hbond substituents is 1. The third kappa shape index (κ3) is 4.14. The molecule has 0 unspecified atom stereocenters. The van der Waals surface area contributed by atoms with Gasteiger partial charge in [-0.25, -0.2) is 0 Å². The Morgan fingerprint density at radius 3 is 2.87 bits per heavy atom. The Bertz CT molecular complexity index is 1100. The molecule has 156 valence electrons. The maximum absolute atomic E-state index is 10.2. The normalized spacial score (nSPS) is 14.7. The maximum atomic E-state index is 10.2. The van der Waals surface area contributed by atoms with Crippen molar-refractivity contribution in [2.24, 2.45) is 0 Å². The van der Waals surface area contributed by atoms with Gasteiger partial charge in [-0.15, -0.1) is 10.2 Å². The van der Waals surface area contributed by atoms with Crippen LogP contribution >= 0.6 is 39.3 Å². The average Bonchev–Trinajstić information content (AvgIpc) is 2.88. The standard InChI is InChI=1S/C20H18BrClN4O3S/c1-3-28-15-8-10(7-13(22)17(15)27)18-23-14-6-5-11(21)9-12(14)16-19(29-18)24-20(26-25-16)30-4-2/h5-9,18,23,27H,3-4H2,1-2H3/t18-/m0/s1. The van der Waals surface area contributed by atoms with E-state index in [1.165, 1.54) is 11.8 Å². The molecule has 10 heteroatoms. The van der Waals surface area contributed by atoms with Gasteiger partial charge in [-0.3, -0.25) is 0 Å². The molecule has 2 heterocycles. The molecule has 1 aromatic heterocycles. The summed E-state index contributed by atoms with van der Waals surface area (Å²) in [6.07, 6.45) is -0.639. The maximum Gasteiger partial charge on any atom is 0.247 e. The Hall–Kier alpha value is -2.23. The molecule has 1 atom stereocenters. The van der Waals surface area contributed by atoms with E-state index in [-0.39, 0.29) is 16.5 Å². The van der Waals surface area contributed by atoms with Gasteiger partial charge in [0.2, 0.25) is 11.0 Å². The predicted octanol–water partition coefficient (Wildman–Crippen LogP) is 5.67. The van der Waals surface area contributed by atoms with Crippen molar-refractivity contribution >= 4 is 45.0 Å². The highest BCUT2D eigenvalue weighted by atomic mass is 79.9. The summed E-state index contributed by atoms with van der Waals surface area (Å²) in [7, 11) is 0. The molecule has 0 saturated carbocycles. The molecule has 0 spiro atoms. The van der Waals surface area contributed by atoms with Gasteiger partial charge in [0.15, 0.2) is 23.4 Å². The van der Waals surface area contributed by atoms with Gasteiger partial charge in [-0.05, 0) is 43.0 Å². The van der Waals surface area contributed by atoms with Crippen molar-refractivity contribution in [3.8, 4) is 28.6 Å². The summed E-state index contributed by atoms with van der Waals surface area (Å²) < 4.78 is 12.6. The van der Waals surface area contributed by atoms with Crippen molar-refractivity contribution in [2.75, 3.05) is 17.7 Å². The van der Waals surface area contributed by atoms with Crippen LogP contribution in [0.4, 0.5) is 5.69 Å². The summed E-state index contributed by atoms with van der Waals surface area (Å²) in [5.74, 6) is 1.35. The number of halogens is 2. The third-order valence-electron chi connectivity index (χ3n) is 4.31. The van der Waals surface area contributed by atoms with Gasteiger partial charge in [-0.2, -0.15) is 4.98 Å². The van der Waals surface area contributed by atoms with Gasteiger partial charge >= 0.3 is 0 Å². The number of benzene rings is 2. The largest absolute Gasteiger partial charge is 0.503 e. The van der Waals surface area contributed by atoms with E-state index in [1.54, 1.807) is 12.1 Å². The van der Waals surface area contributed by atoms with Crippen molar-refractivity contribution in [3.63, 3.8) is 0 Å². The fourth-order valence-electron chi connectivity index (χ4n) is 3.02. The zero-order valence-electron chi connectivity index (χ0n) is 16.1. The Morgan fingerprint density at radius 2 is 2.10 bits per heavy atom. The van der Waals surface area contributed by atoms with Crippen molar-refractivity contribution in [1.82, 2.24) is 15.2 Å². The van der Waals surface area contributed by atoms with Crippen LogP contribution in [0.25, 0.3) is 11.3 Å². The smallest absolute Gasteiger partial charge is 0.247 e. The number of anilines is 1. The molecule has 0 fully saturated rings. The van der Waals surface area contributed by atoms with E-state index in [9.17, 15) is 5.11 Å². The minimum atomic E-state index is -0.639. The highest BCUT2D eigenvalue weighted by Crippen LogP contribution is 2.43. The van der Waals surface area contributed by atoms with Crippen LogP contribution < -0.4 is 14.8 Å². The lowest BCUT2D eigenvalue weighted by Gasteiger charge is -2.21. The number of hydrogen-bond donors (Lipinski definition) is 2. The molecule has 0 amide bonds. The first kappa shape index (κ1) is 21.0. The van der Waals surface area contributed by atoms with Gasteiger partial charge in [0.25, 0.3) is 0 Å². The lowest BCUT2D eigenvalue weighted by atomic mass is 10.1. The summed E-state index contributed by atoms with van der Waals surface area (Å²) in [6.45, 7) is 4.24. The highest BCUT2D eigenvalue weighted by Gasteiger charge is 2.27. The molecule has 30 heavy (non-hydrogen) atoms. The zero-order chi connectivity index (χ0) is 21.3. The van der Waals surface area contributed by atoms with Gasteiger partial charge in [0.1, 0.15) is 0 Å². The van der Waals surface area contributed by atoms with E-state index < -0.39 is 6.23 Å². The van der Waals surface area contributed by atoms with Gasteiger partial charge in [-0.1, -0.05) is 46.2 Å². The molecule has 0 aliphatic carbocycles. The predicted molar refractivity (Wildman–Crippen MR) is 121 cm³/mol. The fraction of sp³-hybridized carbons (Fsp3) is 0.250. The number of nitrogens with one attached hydrogen (secondary N) is 1. The average molecular weight is 510 g/mol. The van der Waals surface area contributed by atoms with E-state index in [4.69, 9.17) is 21.1 Å². The third-order valence-corrected chi connectivity index (χ3v) is 5.82. The number of nitrogens with zero attached hydrogens (tertiary/aromatic N) is 3. The topological polar surface area (TPSA) is 89.4 Å². The summed E-state index contributed by atoms with van der Waals surface area (Å²) >= 11 is 11.2. The number of fused-ring (bicyclic) bond motifs is 3. The SMILES string of the molecule is CCOc1cc([C@H]2Nc3ccc(Br)cc3-c3nnc(SCC)nc3O2)cc(Cl)c1O. The van der Waals surface area contributed by atoms with Crippen LogP contribution in [0.5, 0.6) is 17.4 Å². The van der Waals surface area contributed by atoms with Crippen LogP contribution in [0.3, 0.4) is 0 Å². The van der Waals surface area contributed by atoms with E-state index in [1.807, 2.05) is 32.0 Å². The van der Waals surface area contributed by atoms with Crippen molar-refractivity contribution in [1.29, 1.82) is 0 Å². The van der Waals surface area contributed by atoms with Crippen LogP contribution in [0.1, 0.15) is 25.6 Å². The van der Waals surface area contributed by atoms with E-state index in [2.05, 4.69) is 36.4 Å². The van der Waals surface area contributed by atoms with Crippen molar-refractivity contribution in [3.05, 3.63) is 45.4 Å². The van der Waals surface area contributed by atoms with Gasteiger partial charge < -0.3 is 19.9 Å². The molecule has 0 saturated heterocycles. The Balaban J connectivity index is 1.84. The lowest BCUT2D eigenvalue weighted by Crippen LogP contribution is -2.17. The number of aromatic hydroxyl groups is 1. The Morgan fingerprint density at radius 1 is 1.27 bits per heavy atom. The van der Waals surface area contributed by atoms with Crippen LogP contribution in [-0.4, -0.2) is 32.6 Å². The Kier molecular flexibility index (Phi) is 6.21. The molecular formula is C20H18BrClN4O3S.